The van der Waals surface area contributed by atoms with Crippen molar-refractivity contribution in [1.82, 2.24) is 4.57 Å². The van der Waals surface area contributed by atoms with E-state index in [1.54, 1.807) is 24.4 Å². The summed E-state index contributed by atoms with van der Waals surface area (Å²) >= 11 is 0. The smallest absolute Gasteiger partial charge is 0.265 e. The van der Waals surface area contributed by atoms with E-state index in [0.717, 1.165) is 0 Å². The van der Waals surface area contributed by atoms with Crippen molar-refractivity contribution >= 4 is 17.4 Å². The maximum atomic E-state index is 12.2. The van der Waals surface area contributed by atoms with Gasteiger partial charge in [0.2, 0.25) is 0 Å². The number of amides is 1. The van der Waals surface area contributed by atoms with Gasteiger partial charge in [0, 0.05) is 25.0 Å². The van der Waals surface area contributed by atoms with Gasteiger partial charge in [-0.2, -0.15) is 0 Å². The molecule has 2 heterocycles. The molecule has 0 saturated heterocycles. The van der Waals surface area contributed by atoms with Crippen molar-refractivity contribution in [2.24, 2.45) is 7.05 Å². The maximum absolute atomic E-state index is 12.2. The van der Waals surface area contributed by atoms with Gasteiger partial charge in [0.15, 0.2) is 12.4 Å². The average Bonchev–Trinajstić information content (AvgIpc) is 2.89. The van der Waals surface area contributed by atoms with E-state index < -0.39 is 0 Å². The third-order valence-corrected chi connectivity index (χ3v) is 3.26. The minimum absolute atomic E-state index is 0.0287. The Bertz CT molecular complexity index is 675. The molecule has 3 rings (SSSR count). The highest BCUT2D eigenvalue weighted by molar-refractivity contribution is 6.07. The van der Waals surface area contributed by atoms with Crippen LogP contribution in [-0.2, 0) is 11.8 Å². The summed E-state index contributed by atoms with van der Waals surface area (Å²) in [6.45, 7) is 0.00228. The standard InChI is InChI=1S/C15H14N2O3/c1-16-7-6-11(8-16)13(18)9-17-12-4-2-3-5-14(12)20-10-15(17)19/h2-8H,9-10H2,1H3. The fourth-order valence-corrected chi connectivity index (χ4v) is 2.23. The number of aryl methyl sites for hydroxylation is 1. The number of nitrogens with zero attached hydrogens (tertiary/aromatic N) is 2. The summed E-state index contributed by atoms with van der Waals surface area (Å²) in [5.74, 6) is 0.344. The van der Waals surface area contributed by atoms with E-state index in [4.69, 9.17) is 4.74 Å². The van der Waals surface area contributed by atoms with Crippen LogP contribution in [0.4, 0.5) is 5.69 Å². The third kappa shape index (κ3) is 2.18. The van der Waals surface area contributed by atoms with E-state index in [9.17, 15) is 9.59 Å². The highest BCUT2D eigenvalue weighted by Gasteiger charge is 2.27. The van der Waals surface area contributed by atoms with Crippen molar-refractivity contribution in [3.05, 3.63) is 48.3 Å². The number of fused-ring (bicyclic) bond motifs is 1. The molecule has 1 aromatic heterocycles. The first-order chi connectivity index (χ1) is 9.65. The number of para-hydroxylation sites is 2. The van der Waals surface area contributed by atoms with Crippen LogP contribution in [0.2, 0.25) is 0 Å². The molecule has 1 amide bonds. The zero-order valence-corrected chi connectivity index (χ0v) is 11.1. The minimum atomic E-state index is -0.201. The first kappa shape index (κ1) is 12.5. The molecule has 1 aliphatic rings. The molecule has 2 aromatic rings. The normalized spacial score (nSPS) is 13.8. The third-order valence-electron chi connectivity index (χ3n) is 3.26. The van der Waals surface area contributed by atoms with Crippen LogP contribution in [0.25, 0.3) is 0 Å². The molecule has 0 fully saturated rings. The van der Waals surface area contributed by atoms with Crippen LogP contribution in [0, 0.1) is 0 Å². The van der Waals surface area contributed by atoms with Gasteiger partial charge in [0.1, 0.15) is 5.75 Å². The first-order valence-corrected chi connectivity index (χ1v) is 6.32. The van der Waals surface area contributed by atoms with Gasteiger partial charge in [-0.1, -0.05) is 12.1 Å². The van der Waals surface area contributed by atoms with E-state index in [-0.39, 0.29) is 24.8 Å². The van der Waals surface area contributed by atoms with Crippen LogP contribution < -0.4 is 9.64 Å². The van der Waals surface area contributed by atoms with E-state index in [2.05, 4.69) is 0 Å². The van der Waals surface area contributed by atoms with Gasteiger partial charge in [-0.15, -0.1) is 0 Å². The van der Waals surface area contributed by atoms with E-state index in [0.29, 0.717) is 17.0 Å². The average molecular weight is 270 g/mol. The maximum Gasteiger partial charge on any atom is 0.265 e. The number of anilines is 1. The van der Waals surface area contributed by atoms with E-state index >= 15 is 0 Å². The highest BCUT2D eigenvalue weighted by Crippen LogP contribution is 2.31. The van der Waals surface area contributed by atoms with Gasteiger partial charge in [-0.25, -0.2) is 0 Å². The summed E-state index contributed by atoms with van der Waals surface area (Å²) in [7, 11) is 1.85. The molecule has 5 heteroatoms. The molecule has 20 heavy (non-hydrogen) atoms. The number of benzene rings is 1. The number of carbonyl (C=O) groups is 2. The first-order valence-electron chi connectivity index (χ1n) is 6.32. The molecule has 0 saturated carbocycles. The van der Waals surface area contributed by atoms with Crippen molar-refractivity contribution in [3.63, 3.8) is 0 Å². The summed E-state index contributed by atoms with van der Waals surface area (Å²) in [6, 6.07) is 8.98. The number of ether oxygens (including phenoxy) is 1. The SMILES string of the molecule is Cn1ccc(C(=O)CN2C(=O)COc3ccccc32)c1. The van der Waals surface area contributed by atoms with Gasteiger partial charge in [0.05, 0.1) is 12.2 Å². The number of Topliss-reactive ketones (excluding diaryl/α,β-unsaturated/α-hetero) is 1. The minimum Gasteiger partial charge on any atom is -0.482 e. The number of carbonyl (C=O) groups excluding carboxylic acids is 2. The van der Waals surface area contributed by atoms with Crippen LogP contribution in [0.1, 0.15) is 10.4 Å². The Hall–Kier alpha value is -2.56. The summed E-state index contributed by atoms with van der Waals surface area (Å²) in [5.41, 5.74) is 1.25. The van der Waals surface area contributed by atoms with Crippen molar-refractivity contribution < 1.29 is 14.3 Å². The molecular weight excluding hydrogens is 256 g/mol. The second-order valence-electron chi connectivity index (χ2n) is 4.73. The molecule has 1 aliphatic heterocycles. The van der Waals surface area contributed by atoms with Crippen molar-refractivity contribution in [3.8, 4) is 5.75 Å². The van der Waals surface area contributed by atoms with Crippen molar-refractivity contribution in [2.75, 3.05) is 18.1 Å². The molecule has 0 atom stereocenters. The lowest BCUT2D eigenvalue weighted by Crippen LogP contribution is -2.41. The Morgan fingerprint density at radius 2 is 2.10 bits per heavy atom. The fraction of sp³-hybridized carbons (Fsp3) is 0.200. The zero-order valence-electron chi connectivity index (χ0n) is 11.1. The van der Waals surface area contributed by atoms with Gasteiger partial charge in [0.25, 0.3) is 5.91 Å². The number of hydrogen-bond donors (Lipinski definition) is 0. The van der Waals surface area contributed by atoms with Crippen LogP contribution in [0.3, 0.4) is 0 Å². The lowest BCUT2D eigenvalue weighted by Gasteiger charge is -2.28. The fourth-order valence-electron chi connectivity index (χ4n) is 2.23. The monoisotopic (exact) mass is 270 g/mol. The van der Waals surface area contributed by atoms with Gasteiger partial charge >= 0.3 is 0 Å². The number of hydrogen-bond acceptors (Lipinski definition) is 3. The lowest BCUT2D eigenvalue weighted by atomic mass is 10.1. The Labute approximate surface area is 116 Å². The molecular formula is C15H14N2O3. The molecule has 0 radical (unpaired) electrons. The van der Waals surface area contributed by atoms with Crippen molar-refractivity contribution in [2.45, 2.75) is 0 Å². The molecule has 5 nitrogen and oxygen atoms in total. The van der Waals surface area contributed by atoms with Crippen LogP contribution in [0.15, 0.2) is 42.7 Å². The highest BCUT2D eigenvalue weighted by atomic mass is 16.5. The van der Waals surface area contributed by atoms with Gasteiger partial charge < -0.3 is 9.30 Å². The molecule has 102 valence electrons. The van der Waals surface area contributed by atoms with Crippen molar-refractivity contribution in [1.29, 1.82) is 0 Å². The number of rotatable bonds is 3. The van der Waals surface area contributed by atoms with Crippen LogP contribution in [0.5, 0.6) is 5.75 Å². The molecule has 0 unspecified atom stereocenters. The van der Waals surface area contributed by atoms with Gasteiger partial charge in [-0.3, -0.25) is 14.5 Å². The summed E-state index contributed by atoms with van der Waals surface area (Å²) in [5, 5.41) is 0. The number of aromatic nitrogens is 1. The molecule has 0 bridgehead atoms. The quantitative estimate of drug-likeness (QED) is 0.797. The predicted molar refractivity (Wildman–Crippen MR) is 74.0 cm³/mol. The molecule has 0 aliphatic carbocycles. The Balaban J connectivity index is 1.87. The van der Waals surface area contributed by atoms with Crippen LogP contribution >= 0.6 is 0 Å². The topological polar surface area (TPSA) is 51.5 Å². The Morgan fingerprint density at radius 3 is 2.85 bits per heavy atom. The second kappa shape index (κ2) is 4.85. The largest absolute Gasteiger partial charge is 0.482 e. The van der Waals surface area contributed by atoms with Crippen LogP contribution in [-0.4, -0.2) is 29.4 Å². The predicted octanol–water partition coefficient (Wildman–Crippen LogP) is 1.63. The summed E-state index contributed by atoms with van der Waals surface area (Å²) in [4.78, 5) is 25.7. The van der Waals surface area contributed by atoms with Gasteiger partial charge in [-0.05, 0) is 18.2 Å². The molecule has 0 N–H and O–H groups in total. The summed E-state index contributed by atoms with van der Waals surface area (Å²) in [6.07, 6.45) is 3.56. The second-order valence-corrected chi connectivity index (χ2v) is 4.73. The Morgan fingerprint density at radius 1 is 1.30 bits per heavy atom. The zero-order chi connectivity index (χ0) is 14.1. The van der Waals surface area contributed by atoms with E-state index in [1.807, 2.05) is 29.9 Å². The molecule has 0 spiro atoms. The Kier molecular flexibility index (Phi) is 3.02. The van der Waals surface area contributed by atoms with E-state index in [1.165, 1.54) is 4.90 Å². The number of ketones is 1. The summed E-state index contributed by atoms with van der Waals surface area (Å²) < 4.78 is 7.16. The lowest BCUT2D eigenvalue weighted by molar-refractivity contribution is -0.121. The molecule has 1 aromatic carbocycles.